The van der Waals surface area contributed by atoms with Crippen molar-refractivity contribution in [2.24, 2.45) is 7.05 Å². The number of hydrogen-bond acceptors (Lipinski definition) is 3. The Morgan fingerprint density at radius 1 is 1.03 bits per heavy atom. The van der Waals surface area contributed by atoms with Gasteiger partial charge in [-0.1, -0.05) is 54.1 Å². The molecular formula is C22H20ClN5O. The lowest BCUT2D eigenvalue weighted by Gasteiger charge is -2.04. The Balaban J connectivity index is 1.62. The van der Waals surface area contributed by atoms with Crippen LogP contribution in [0.4, 0.5) is 0 Å². The molecule has 0 saturated heterocycles. The zero-order valence-corrected chi connectivity index (χ0v) is 16.7. The van der Waals surface area contributed by atoms with Gasteiger partial charge in [-0.05, 0) is 17.7 Å². The normalized spacial score (nSPS) is 10.8. The van der Waals surface area contributed by atoms with Gasteiger partial charge in [0.2, 0.25) is 0 Å². The van der Waals surface area contributed by atoms with Gasteiger partial charge in [0.1, 0.15) is 5.69 Å². The van der Waals surface area contributed by atoms with Gasteiger partial charge in [-0.25, -0.2) is 0 Å². The van der Waals surface area contributed by atoms with E-state index in [0.29, 0.717) is 29.4 Å². The van der Waals surface area contributed by atoms with Crippen molar-refractivity contribution in [1.82, 2.24) is 24.9 Å². The maximum absolute atomic E-state index is 12.9. The molecule has 2 heterocycles. The number of rotatable bonds is 6. The first-order valence-corrected chi connectivity index (χ1v) is 9.59. The predicted molar refractivity (Wildman–Crippen MR) is 113 cm³/mol. The van der Waals surface area contributed by atoms with E-state index in [1.807, 2.05) is 55.7 Å². The van der Waals surface area contributed by atoms with Crippen LogP contribution in [0.1, 0.15) is 21.5 Å². The van der Waals surface area contributed by atoms with Crippen LogP contribution in [0, 0.1) is 0 Å². The molecule has 7 heteroatoms. The van der Waals surface area contributed by atoms with Crippen LogP contribution in [0.2, 0.25) is 5.02 Å². The third-order valence-corrected chi connectivity index (χ3v) is 4.77. The number of hydrogen-bond donors (Lipinski definition) is 1. The van der Waals surface area contributed by atoms with Gasteiger partial charge in [-0.2, -0.15) is 10.2 Å². The van der Waals surface area contributed by atoms with Gasteiger partial charge in [0.25, 0.3) is 5.91 Å². The highest BCUT2D eigenvalue weighted by molar-refractivity contribution is 6.30. The largest absolute Gasteiger partial charge is 0.348 e. The summed E-state index contributed by atoms with van der Waals surface area (Å²) in [6, 6.07) is 17.3. The lowest BCUT2D eigenvalue weighted by Crippen LogP contribution is -2.22. The van der Waals surface area contributed by atoms with Crippen molar-refractivity contribution in [2.75, 3.05) is 0 Å². The first-order valence-electron chi connectivity index (χ1n) is 9.21. The first-order chi connectivity index (χ1) is 14.1. The van der Waals surface area contributed by atoms with Crippen molar-refractivity contribution in [3.63, 3.8) is 0 Å². The van der Waals surface area contributed by atoms with Crippen LogP contribution in [0.25, 0.3) is 11.3 Å². The van der Waals surface area contributed by atoms with Crippen LogP contribution >= 0.6 is 11.6 Å². The van der Waals surface area contributed by atoms with Crippen LogP contribution < -0.4 is 5.32 Å². The van der Waals surface area contributed by atoms with Gasteiger partial charge < -0.3 is 5.32 Å². The second kappa shape index (κ2) is 8.32. The predicted octanol–water partition coefficient (Wildman–Crippen LogP) is 3.92. The molecule has 0 saturated carbocycles. The highest BCUT2D eigenvalue weighted by Crippen LogP contribution is 2.24. The Morgan fingerprint density at radius 2 is 1.79 bits per heavy atom. The molecule has 6 nitrogen and oxygen atoms in total. The van der Waals surface area contributed by atoms with Crippen LogP contribution in [0.15, 0.2) is 73.2 Å². The first kappa shape index (κ1) is 19.0. The summed E-state index contributed by atoms with van der Waals surface area (Å²) in [7, 11) is 1.84. The van der Waals surface area contributed by atoms with E-state index in [2.05, 4.69) is 15.5 Å². The summed E-state index contributed by atoms with van der Waals surface area (Å²) in [6.07, 6.45) is 5.40. The molecule has 1 amide bonds. The summed E-state index contributed by atoms with van der Waals surface area (Å²) in [4.78, 5) is 12.9. The third-order valence-electron chi connectivity index (χ3n) is 4.52. The van der Waals surface area contributed by atoms with Gasteiger partial charge in [-0.3, -0.25) is 14.2 Å². The zero-order chi connectivity index (χ0) is 20.2. The number of benzene rings is 2. The van der Waals surface area contributed by atoms with E-state index in [0.717, 1.165) is 16.7 Å². The average Bonchev–Trinajstić information content (AvgIpc) is 3.34. The van der Waals surface area contributed by atoms with Crippen LogP contribution in [0.5, 0.6) is 0 Å². The summed E-state index contributed by atoms with van der Waals surface area (Å²) in [5.41, 5.74) is 4.03. The van der Waals surface area contributed by atoms with E-state index in [4.69, 9.17) is 11.6 Å². The minimum Gasteiger partial charge on any atom is -0.348 e. The Morgan fingerprint density at radius 3 is 2.48 bits per heavy atom. The third kappa shape index (κ3) is 4.55. The minimum atomic E-state index is -0.182. The fourth-order valence-electron chi connectivity index (χ4n) is 3.10. The highest BCUT2D eigenvalue weighted by Gasteiger charge is 2.18. The molecule has 0 atom stereocenters. The number of aromatic nitrogens is 4. The standard InChI is InChI=1S/C22H20ClN5O/c1-27-13-17(12-25-27)11-24-22(29)20-15-28(14-16-5-3-2-4-6-16)26-21(20)18-7-9-19(23)10-8-18/h2-10,12-13,15H,11,14H2,1H3,(H,24,29). The molecule has 0 aliphatic carbocycles. The molecular weight excluding hydrogens is 386 g/mol. The van der Waals surface area contributed by atoms with Crippen molar-refractivity contribution in [3.8, 4) is 11.3 Å². The van der Waals surface area contributed by atoms with Crippen molar-refractivity contribution in [2.45, 2.75) is 13.1 Å². The number of amides is 1. The molecule has 4 rings (SSSR count). The van der Waals surface area contributed by atoms with Crippen LogP contribution in [-0.2, 0) is 20.1 Å². The van der Waals surface area contributed by atoms with E-state index >= 15 is 0 Å². The van der Waals surface area contributed by atoms with Gasteiger partial charge in [0, 0.05) is 42.1 Å². The number of nitrogens with one attached hydrogen (secondary N) is 1. The highest BCUT2D eigenvalue weighted by atomic mass is 35.5. The topological polar surface area (TPSA) is 64.7 Å². The van der Waals surface area contributed by atoms with Crippen LogP contribution in [-0.4, -0.2) is 25.5 Å². The van der Waals surface area contributed by atoms with Gasteiger partial charge >= 0.3 is 0 Å². The molecule has 29 heavy (non-hydrogen) atoms. The number of aryl methyl sites for hydroxylation is 1. The molecule has 2 aromatic carbocycles. The van der Waals surface area contributed by atoms with E-state index in [9.17, 15) is 4.79 Å². The second-order valence-corrected chi connectivity index (χ2v) is 7.22. The maximum Gasteiger partial charge on any atom is 0.255 e. The molecule has 4 aromatic rings. The van der Waals surface area contributed by atoms with Gasteiger partial charge in [0.15, 0.2) is 0 Å². The van der Waals surface area contributed by atoms with Crippen molar-refractivity contribution in [1.29, 1.82) is 0 Å². The lowest BCUT2D eigenvalue weighted by molar-refractivity contribution is 0.0951. The van der Waals surface area contributed by atoms with Crippen molar-refractivity contribution in [3.05, 3.63) is 94.9 Å². The van der Waals surface area contributed by atoms with E-state index in [1.165, 1.54) is 0 Å². The molecule has 0 aliphatic rings. The number of carbonyl (C=O) groups excluding carboxylic acids is 1. The van der Waals surface area contributed by atoms with Crippen molar-refractivity contribution < 1.29 is 4.79 Å². The fraction of sp³-hybridized carbons (Fsp3) is 0.136. The summed E-state index contributed by atoms with van der Waals surface area (Å²) < 4.78 is 3.50. The van der Waals surface area contributed by atoms with Crippen molar-refractivity contribution >= 4 is 17.5 Å². The molecule has 146 valence electrons. The van der Waals surface area contributed by atoms with Crippen LogP contribution in [0.3, 0.4) is 0 Å². The number of halogens is 1. The summed E-state index contributed by atoms with van der Waals surface area (Å²) in [5, 5.41) is 12.4. The van der Waals surface area contributed by atoms with E-state index in [-0.39, 0.29) is 5.91 Å². The fourth-order valence-corrected chi connectivity index (χ4v) is 3.23. The Hall–Kier alpha value is -3.38. The quantitative estimate of drug-likeness (QED) is 0.529. The molecule has 0 aliphatic heterocycles. The number of nitrogens with zero attached hydrogens (tertiary/aromatic N) is 4. The maximum atomic E-state index is 12.9. The molecule has 0 spiro atoms. The monoisotopic (exact) mass is 405 g/mol. The smallest absolute Gasteiger partial charge is 0.255 e. The average molecular weight is 406 g/mol. The minimum absolute atomic E-state index is 0.182. The molecule has 0 unspecified atom stereocenters. The van der Waals surface area contributed by atoms with Gasteiger partial charge in [-0.15, -0.1) is 0 Å². The van der Waals surface area contributed by atoms with E-state index in [1.54, 1.807) is 33.9 Å². The molecule has 1 N–H and O–H groups in total. The summed E-state index contributed by atoms with van der Waals surface area (Å²) >= 11 is 6.02. The summed E-state index contributed by atoms with van der Waals surface area (Å²) in [6.45, 7) is 0.980. The molecule has 0 bridgehead atoms. The molecule has 0 radical (unpaired) electrons. The lowest BCUT2D eigenvalue weighted by atomic mass is 10.1. The SMILES string of the molecule is Cn1cc(CNC(=O)c2cn(Cc3ccccc3)nc2-c2ccc(Cl)cc2)cn1. The zero-order valence-electron chi connectivity index (χ0n) is 15.9. The second-order valence-electron chi connectivity index (χ2n) is 6.79. The molecule has 0 fully saturated rings. The molecule has 2 aromatic heterocycles. The Kier molecular flexibility index (Phi) is 5.44. The van der Waals surface area contributed by atoms with E-state index < -0.39 is 0 Å². The number of carbonyl (C=O) groups is 1. The Bertz CT molecular complexity index is 1120. The summed E-state index contributed by atoms with van der Waals surface area (Å²) in [5.74, 6) is -0.182. The van der Waals surface area contributed by atoms with Gasteiger partial charge in [0.05, 0.1) is 18.3 Å². The Labute approximate surface area is 173 Å².